The number of benzene rings is 1. The monoisotopic (exact) mass is 308 g/mol. The molecule has 0 radical (unpaired) electrons. The molecule has 0 aliphatic heterocycles. The predicted octanol–water partition coefficient (Wildman–Crippen LogP) is 4.11. The molecule has 3 nitrogen and oxygen atoms in total. The van der Waals surface area contributed by atoms with Gasteiger partial charge in [0.25, 0.3) is 0 Å². The Morgan fingerprint density at radius 3 is 2.83 bits per heavy atom. The summed E-state index contributed by atoms with van der Waals surface area (Å²) in [7, 11) is 0. The minimum atomic E-state index is 0.400. The Labute approximate surface area is 116 Å². The van der Waals surface area contributed by atoms with Crippen LogP contribution in [0.1, 0.15) is 31.1 Å². The Hall–Kier alpha value is -1.29. The molecule has 0 atom stereocenters. The van der Waals surface area contributed by atoms with Crippen molar-refractivity contribution in [2.45, 2.75) is 33.4 Å². The van der Waals surface area contributed by atoms with Crippen LogP contribution in [0.3, 0.4) is 0 Å². The fourth-order valence-corrected chi connectivity index (χ4v) is 2.31. The van der Waals surface area contributed by atoms with Crippen LogP contribution in [-0.2, 0) is 6.61 Å². The highest BCUT2D eigenvalue weighted by Crippen LogP contribution is 2.23. The van der Waals surface area contributed by atoms with Gasteiger partial charge in [-0.05, 0) is 44.5 Å². The Morgan fingerprint density at radius 1 is 1.39 bits per heavy atom. The molecule has 0 saturated carbocycles. The third-order valence-corrected chi connectivity index (χ3v) is 3.31. The van der Waals surface area contributed by atoms with Gasteiger partial charge in [-0.15, -0.1) is 0 Å². The molecule has 18 heavy (non-hydrogen) atoms. The molecule has 1 aromatic carbocycles. The van der Waals surface area contributed by atoms with E-state index in [1.54, 1.807) is 0 Å². The fraction of sp³-hybridized carbons (Fsp3) is 0.357. The van der Waals surface area contributed by atoms with E-state index in [1.807, 2.05) is 31.6 Å². The zero-order chi connectivity index (χ0) is 13.1. The third-order valence-electron chi connectivity index (χ3n) is 2.82. The second kappa shape index (κ2) is 5.57. The summed E-state index contributed by atoms with van der Waals surface area (Å²) >= 11 is 3.45. The molecule has 0 unspecified atom stereocenters. The number of hydrogen-bond acceptors (Lipinski definition) is 2. The number of halogens is 1. The van der Waals surface area contributed by atoms with Crippen LogP contribution < -0.4 is 4.74 Å². The molecule has 0 N–H and O–H groups in total. The van der Waals surface area contributed by atoms with Crippen LogP contribution in [0.4, 0.5) is 0 Å². The lowest BCUT2D eigenvalue weighted by molar-refractivity contribution is 0.290. The largest absolute Gasteiger partial charge is 0.487 e. The molecular formula is C14H17BrN2O. The summed E-state index contributed by atoms with van der Waals surface area (Å²) in [4.78, 5) is 4.17. The van der Waals surface area contributed by atoms with Crippen molar-refractivity contribution in [3.05, 3.63) is 46.5 Å². The zero-order valence-electron chi connectivity index (χ0n) is 10.9. The first-order valence-electron chi connectivity index (χ1n) is 5.97. The van der Waals surface area contributed by atoms with Gasteiger partial charge in [-0.3, -0.25) is 0 Å². The molecule has 2 aromatic rings. The molecule has 0 saturated heterocycles. The molecule has 0 aliphatic carbocycles. The Bertz CT molecular complexity index is 534. The summed E-state index contributed by atoms with van der Waals surface area (Å²) in [6.07, 6.45) is 3.70. The lowest BCUT2D eigenvalue weighted by atomic mass is 10.2. The van der Waals surface area contributed by atoms with Gasteiger partial charge in [0.2, 0.25) is 0 Å². The summed E-state index contributed by atoms with van der Waals surface area (Å²) in [6.45, 7) is 6.85. The maximum Gasteiger partial charge on any atom is 0.130 e. The van der Waals surface area contributed by atoms with E-state index >= 15 is 0 Å². The average molecular weight is 309 g/mol. The molecule has 96 valence electrons. The third kappa shape index (κ3) is 2.93. The highest BCUT2D eigenvalue weighted by atomic mass is 79.9. The van der Waals surface area contributed by atoms with Crippen molar-refractivity contribution in [2.75, 3.05) is 0 Å². The number of hydrogen-bond donors (Lipinski definition) is 0. The summed E-state index contributed by atoms with van der Waals surface area (Å²) < 4.78 is 9.03. The number of imidazole rings is 1. The van der Waals surface area contributed by atoms with E-state index in [0.717, 1.165) is 21.5 Å². The van der Waals surface area contributed by atoms with E-state index in [1.165, 1.54) is 0 Å². The van der Waals surface area contributed by atoms with Crippen molar-refractivity contribution in [2.24, 2.45) is 0 Å². The van der Waals surface area contributed by atoms with Gasteiger partial charge >= 0.3 is 0 Å². The molecule has 0 aliphatic rings. The first kappa shape index (κ1) is 13.1. The number of rotatable bonds is 4. The second-order valence-corrected chi connectivity index (χ2v) is 5.50. The maximum absolute atomic E-state index is 5.85. The topological polar surface area (TPSA) is 27.1 Å². The second-order valence-electron chi connectivity index (χ2n) is 4.58. The van der Waals surface area contributed by atoms with E-state index in [2.05, 4.69) is 45.4 Å². The van der Waals surface area contributed by atoms with Gasteiger partial charge in [-0.1, -0.05) is 15.9 Å². The van der Waals surface area contributed by atoms with Crippen molar-refractivity contribution >= 4 is 15.9 Å². The van der Waals surface area contributed by atoms with Crippen LogP contribution >= 0.6 is 15.9 Å². The fourth-order valence-electron chi connectivity index (χ4n) is 1.84. The van der Waals surface area contributed by atoms with Gasteiger partial charge in [-0.2, -0.15) is 0 Å². The Balaban J connectivity index is 2.09. The molecular weight excluding hydrogens is 292 g/mol. The summed E-state index contributed by atoms with van der Waals surface area (Å²) in [5.41, 5.74) is 2.22. The predicted molar refractivity (Wildman–Crippen MR) is 75.8 cm³/mol. The zero-order valence-corrected chi connectivity index (χ0v) is 12.4. The van der Waals surface area contributed by atoms with Gasteiger partial charge in [-0.25, -0.2) is 4.98 Å². The van der Waals surface area contributed by atoms with Gasteiger partial charge in [0.05, 0.1) is 18.2 Å². The van der Waals surface area contributed by atoms with Crippen LogP contribution in [-0.4, -0.2) is 9.55 Å². The maximum atomic E-state index is 5.85. The van der Waals surface area contributed by atoms with Crippen molar-refractivity contribution < 1.29 is 4.74 Å². The van der Waals surface area contributed by atoms with E-state index < -0.39 is 0 Å². The first-order chi connectivity index (χ1) is 8.58. The summed E-state index contributed by atoms with van der Waals surface area (Å²) in [6, 6.07) is 6.42. The molecule has 2 rings (SSSR count). The van der Waals surface area contributed by atoms with Gasteiger partial charge in [0.1, 0.15) is 12.4 Å². The lowest BCUT2D eigenvalue weighted by Gasteiger charge is -2.13. The normalized spacial score (nSPS) is 10.9. The molecule has 0 bridgehead atoms. The summed E-state index contributed by atoms with van der Waals surface area (Å²) in [5, 5.41) is 0. The number of ether oxygens (including phenoxy) is 1. The summed E-state index contributed by atoms with van der Waals surface area (Å²) in [5.74, 6) is 0.912. The van der Waals surface area contributed by atoms with Crippen molar-refractivity contribution in [3.8, 4) is 5.75 Å². The highest BCUT2D eigenvalue weighted by molar-refractivity contribution is 9.10. The van der Waals surface area contributed by atoms with Crippen LogP contribution in [0.25, 0.3) is 0 Å². The molecule has 4 heteroatoms. The van der Waals surface area contributed by atoms with E-state index in [9.17, 15) is 0 Å². The van der Waals surface area contributed by atoms with Gasteiger partial charge < -0.3 is 9.30 Å². The molecule has 0 amide bonds. The Morgan fingerprint density at radius 2 is 2.17 bits per heavy atom. The first-order valence-corrected chi connectivity index (χ1v) is 6.77. The van der Waals surface area contributed by atoms with Crippen molar-refractivity contribution in [3.63, 3.8) is 0 Å². The van der Waals surface area contributed by atoms with E-state index in [4.69, 9.17) is 4.74 Å². The van der Waals surface area contributed by atoms with Crippen LogP contribution in [0, 0.1) is 6.92 Å². The minimum absolute atomic E-state index is 0.400. The van der Waals surface area contributed by atoms with Crippen LogP contribution in [0.2, 0.25) is 0 Å². The molecule has 1 heterocycles. The molecule has 0 spiro atoms. The molecule has 0 fully saturated rings. The highest BCUT2D eigenvalue weighted by Gasteiger charge is 2.07. The number of aromatic nitrogens is 2. The van der Waals surface area contributed by atoms with Gasteiger partial charge in [0.15, 0.2) is 0 Å². The molecule has 1 aromatic heterocycles. The van der Waals surface area contributed by atoms with E-state index in [-0.39, 0.29) is 0 Å². The number of nitrogens with zero attached hydrogens (tertiary/aromatic N) is 2. The van der Waals surface area contributed by atoms with Crippen molar-refractivity contribution in [1.29, 1.82) is 0 Å². The Kier molecular flexibility index (Phi) is 4.07. The van der Waals surface area contributed by atoms with E-state index in [0.29, 0.717) is 12.6 Å². The number of aryl methyl sites for hydroxylation is 1. The van der Waals surface area contributed by atoms with Crippen LogP contribution in [0.15, 0.2) is 35.2 Å². The van der Waals surface area contributed by atoms with Gasteiger partial charge in [0, 0.05) is 10.5 Å². The lowest BCUT2D eigenvalue weighted by Crippen LogP contribution is -2.07. The van der Waals surface area contributed by atoms with Crippen molar-refractivity contribution in [1.82, 2.24) is 9.55 Å². The SMILES string of the molecule is Cc1cc(Br)ccc1OCc1cncn1C(C)C. The van der Waals surface area contributed by atoms with Crippen LogP contribution in [0.5, 0.6) is 5.75 Å². The minimum Gasteiger partial charge on any atom is -0.487 e. The smallest absolute Gasteiger partial charge is 0.130 e. The standard InChI is InChI=1S/C14H17BrN2O/c1-10(2)17-9-16-7-13(17)8-18-14-5-4-12(15)6-11(14)3/h4-7,9-10H,8H2,1-3H3. The quantitative estimate of drug-likeness (QED) is 0.849. The average Bonchev–Trinajstić information content (AvgIpc) is 2.76.